The molecule has 26 heavy (non-hydrogen) atoms. The molecule has 4 rings (SSSR count). The molecular formula is C21H34N4O. The normalized spacial score (nSPS) is 27.5. The average Bonchev–Trinajstić information content (AvgIpc) is 3.15. The molecule has 5 heteroatoms. The maximum atomic E-state index is 13.3. The van der Waals surface area contributed by atoms with E-state index >= 15 is 0 Å². The van der Waals surface area contributed by atoms with Crippen LogP contribution < -0.4 is 0 Å². The minimum atomic E-state index is -0.102. The molecule has 3 aliphatic rings. The molecule has 0 aromatic carbocycles. The summed E-state index contributed by atoms with van der Waals surface area (Å²) in [6.45, 7) is 10.3. The summed E-state index contributed by atoms with van der Waals surface area (Å²) >= 11 is 0. The summed E-state index contributed by atoms with van der Waals surface area (Å²) in [7, 11) is 0. The minimum Gasteiger partial charge on any atom is -0.342 e. The van der Waals surface area contributed by atoms with Crippen molar-refractivity contribution in [1.29, 1.82) is 0 Å². The van der Waals surface area contributed by atoms with E-state index in [0.29, 0.717) is 5.91 Å². The topological polar surface area (TPSA) is 41.4 Å². The van der Waals surface area contributed by atoms with Crippen molar-refractivity contribution < 1.29 is 4.79 Å². The predicted octanol–water partition coefficient (Wildman–Crippen LogP) is 3.22. The molecular weight excluding hydrogens is 324 g/mol. The monoisotopic (exact) mass is 358 g/mol. The van der Waals surface area contributed by atoms with Crippen molar-refractivity contribution >= 4 is 5.91 Å². The smallest absolute Gasteiger partial charge is 0.230 e. The molecule has 0 N–H and O–H groups in total. The SMILES string of the molecule is CCCn1ncc(CN2CCC3(CCCN(CC4CCC4)C3=O)C2)c1C. The number of amides is 1. The molecule has 1 atom stereocenters. The van der Waals surface area contributed by atoms with Crippen molar-refractivity contribution in [3.63, 3.8) is 0 Å². The first-order chi connectivity index (χ1) is 12.6. The number of aromatic nitrogens is 2. The summed E-state index contributed by atoms with van der Waals surface area (Å²) in [6.07, 6.45) is 10.4. The number of carbonyl (C=O) groups excluding carboxylic acids is 1. The van der Waals surface area contributed by atoms with Crippen molar-refractivity contribution in [2.24, 2.45) is 11.3 Å². The zero-order chi connectivity index (χ0) is 18.1. The molecule has 1 aliphatic carbocycles. The van der Waals surface area contributed by atoms with Gasteiger partial charge in [-0.25, -0.2) is 0 Å². The number of aryl methyl sites for hydroxylation is 1. The Balaban J connectivity index is 1.39. The van der Waals surface area contributed by atoms with Gasteiger partial charge in [-0.2, -0.15) is 5.10 Å². The maximum Gasteiger partial charge on any atom is 0.230 e. The van der Waals surface area contributed by atoms with Crippen molar-refractivity contribution in [3.8, 4) is 0 Å². The molecule has 1 unspecified atom stereocenters. The van der Waals surface area contributed by atoms with Gasteiger partial charge >= 0.3 is 0 Å². The molecule has 5 nitrogen and oxygen atoms in total. The molecule has 2 aliphatic heterocycles. The number of likely N-dealkylation sites (tertiary alicyclic amines) is 2. The summed E-state index contributed by atoms with van der Waals surface area (Å²) in [6, 6.07) is 0. The van der Waals surface area contributed by atoms with Gasteiger partial charge in [0.25, 0.3) is 0 Å². The fraction of sp³-hybridized carbons (Fsp3) is 0.810. The van der Waals surface area contributed by atoms with Crippen LogP contribution in [0.5, 0.6) is 0 Å². The Kier molecular flexibility index (Phi) is 5.09. The van der Waals surface area contributed by atoms with Gasteiger partial charge in [-0.15, -0.1) is 0 Å². The van der Waals surface area contributed by atoms with Crippen LogP contribution in [0.15, 0.2) is 6.20 Å². The van der Waals surface area contributed by atoms with Gasteiger partial charge in [0.05, 0.1) is 11.6 Å². The Morgan fingerprint density at radius 2 is 2.08 bits per heavy atom. The molecule has 1 aromatic rings. The molecule has 0 radical (unpaired) electrons. The second-order valence-corrected chi connectivity index (χ2v) is 8.87. The van der Waals surface area contributed by atoms with E-state index in [9.17, 15) is 4.79 Å². The first-order valence-corrected chi connectivity index (χ1v) is 10.6. The van der Waals surface area contributed by atoms with Gasteiger partial charge in [0.15, 0.2) is 0 Å². The van der Waals surface area contributed by atoms with Crippen LogP contribution in [-0.4, -0.2) is 51.7 Å². The lowest BCUT2D eigenvalue weighted by atomic mass is 9.77. The van der Waals surface area contributed by atoms with Crippen molar-refractivity contribution in [3.05, 3.63) is 17.5 Å². The van der Waals surface area contributed by atoms with Gasteiger partial charge in [0.2, 0.25) is 5.91 Å². The second-order valence-electron chi connectivity index (χ2n) is 8.87. The number of nitrogens with zero attached hydrogens (tertiary/aromatic N) is 4. The van der Waals surface area contributed by atoms with E-state index in [1.807, 2.05) is 6.20 Å². The van der Waals surface area contributed by atoms with E-state index in [1.54, 1.807) is 0 Å². The van der Waals surface area contributed by atoms with Crippen LogP contribution in [0.25, 0.3) is 0 Å². The Bertz CT molecular complexity index is 650. The van der Waals surface area contributed by atoms with Crippen LogP contribution in [0.3, 0.4) is 0 Å². The summed E-state index contributed by atoms with van der Waals surface area (Å²) < 4.78 is 2.12. The Morgan fingerprint density at radius 1 is 1.23 bits per heavy atom. The summed E-state index contributed by atoms with van der Waals surface area (Å²) in [5.41, 5.74) is 2.51. The van der Waals surface area contributed by atoms with Gasteiger partial charge in [-0.1, -0.05) is 13.3 Å². The molecule has 0 bridgehead atoms. The van der Waals surface area contributed by atoms with E-state index in [-0.39, 0.29) is 5.41 Å². The number of carbonyl (C=O) groups is 1. The van der Waals surface area contributed by atoms with E-state index in [4.69, 9.17) is 0 Å². The van der Waals surface area contributed by atoms with Crippen LogP contribution in [0.4, 0.5) is 0 Å². The zero-order valence-corrected chi connectivity index (χ0v) is 16.5. The fourth-order valence-corrected chi connectivity index (χ4v) is 5.10. The average molecular weight is 359 g/mol. The number of rotatable bonds is 6. The van der Waals surface area contributed by atoms with Gasteiger partial charge < -0.3 is 4.90 Å². The molecule has 144 valence electrons. The third-order valence-corrected chi connectivity index (χ3v) is 6.99. The first kappa shape index (κ1) is 18.0. The molecule has 1 spiro atoms. The zero-order valence-electron chi connectivity index (χ0n) is 16.5. The van der Waals surface area contributed by atoms with E-state index in [1.165, 1.54) is 36.9 Å². The molecule has 1 amide bonds. The third kappa shape index (κ3) is 3.30. The second kappa shape index (κ2) is 7.34. The van der Waals surface area contributed by atoms with Crippen molar-refractivity contribution in [1.82, 2.24) is 19.6 Å². The predicted molar refractivity (Wildman–Crippen MR) is 103 cm³/mol. The lowest BCUT2D eigenvalue weighted by Gasteiger charge is -2.42. The van der Waals surface area contributed by atoms with Gasteiger partial charge in [0.1, 0.15) is 0 Å². The number of piperidine rings is 1. The Morgan fingerprint density at radius 3 is 2.81 bits per heavy atom. The largest absolute Gasteiger partial charge is 0.342 e. The van der Waals surface area contributed by atoms with Crippen LogP contribution in [0.2, 0.25) is 0 Å². The highest BCUT2D eigenvalue weighted by Gasteiger charge is 2.48. The lowest BCUT2D eigenvalue weighted by molar-refractivity contribution is -0.146. The van der Waals surface area contributed by atoms with Crippen molar-refractivity contribution in [2.45, 2.75) is 71.9 Å². The highest BCUT2D eigenvalue weighted by molar-refractivity contribution is 5.84. The highest BCUT2D eigenvalue weighted by atomic mass is 16.2. The standard InChI is InChI=1S/C21H34N4O/c1-3-10-25-17(2)19(13-22-25)15-23-12-9-21(16-23)8-5-11-24(20(21)26)14-18-6-4-7-18/h13,18H,3-12,14-16H2,1-2H3. The van der Waals surface area contributed by atoms with Crippen LogP contribution >= 0.6 is 0 Å². The molecule has 1 aromatic heterocycles. The quantitative estimate of drug-likeness (QED) is 0.784. The van der Waals surface area contributed by atoms with Gasteiger partial charge in [-0.05, 0) is 57.9 Å². The third-order valence-electron chi connectivity index (χ3n) is 6.99. The van der Waals surface area contributed by atoms with Crippen LogP contribution in [0.1, 0.15) is 63.1 Å². The van der Waals surface area contributed by atoms with Crippen LogP contribution in [0, 0.1) is 18.3 Å². The minimum absolute atomic E-state index is 0.102. The van der Waals surface area contributed by atoms with Crippen molar-refractivity contribution in [2.75, 3.05) is 26.2 Å². The van der Waals surface area contributed by atoms with Gasteiger partial charge in [-0.3, -0.25) is 14.4 Å². The number of hydrogen-bond acceptors (Lipinski definition) is 3. The summed E-state index contributed by atoms with van der Waals surface area (Å²) in [4.78, 5) is 18.0. The van der Waals surface area contributed by atoms with E-state index in [2.05, 4.69) is 33.4 Å². The Labute approximate surface area is 157 Å². The van der Waals surface area contributed by atoms with E-state index in [0.717, 1.165) is 64.4 Å². The maximum absolute atomic E-state index is 13.3. The first-order valence-electron chi connectivity index (χ1n) is 10.6. The van der Waals surface area contributed by atoms with Crippen LogP contribution in [-0.2, 0) is 17.9 Å². The molecule has 3 heterocycles. The summed E-state index contributed by atoms with van der Waals surface area (Å²) in [5, 5.41) is 4.54. The summed E-state index contributed by atoms with van der Waals surface area (Å²) in [5.74, 6) is 1.23. The molecule has 2 saturated heterocycles. The van der Waals surface area contributed by atoms with E-state index < -0.39 is 0 Å². The molecule has 1 saturated carbocycles. The number of hydrogen-bond donors (Lipinski definition) is 0. The van der Waals surface area contributed by atoms with Gasteiger partial charge in [0, 0.05) is 44.0 Å². The lowest BCUT2D eigenvalue weighted by Crippen LogP contribution is -2.51. The fourth-order valence-electron chi connectivity index (χ4n) is 5.10. The highest BCUT2D eigenvalue weighted by Crippen LogP contribution is 2.41. The molecule has 3 fully saturated rings. The Hall–Kier alpha value is -1.36.